The van der Waals surface area contributed by atoms with Crippen LogP contribution >= 0.6 is 0 Å². The molecule has 1 heterocycles. The van der Waals surface area contributed by atoms with Gasteiger partial charge in [-0.25, -0.2) is 4.79 Å². The third kappa shape index (κ3) is 4.29. The van der Waals surface area contributed by atoms with Crippen molar-refractivity contribution in [3.63, 3.8) is 0 Å². The van der Waals surface area contributed by atoms with E-state index in [4.69, 9.17) is 15.3 Å². The Hall–Kier alpha value is -2.39. The maximum Gasteiger partial charge on any atom is 0.329 e. The molecule has 1 aromatic heterocycles. The van der Waals surface area contributed by atoms with E-state index in [1.165, 1.54) is 11.9 Å². The highest BCUT2D eigenvalue weighted by Crippen LogP contribution is 2.15. The van der Waals surface area contributed by atoms with Crippen molar-refractivity contribution in [2.45, 2.75) is 12.6 Å². The minimum absolute atomic E-state index is 0.0361. The molecule has 0 aromatic carbocycles. The summed E-state index contributed by atoms with van der Waals surface area (Å²) in [5.41, 5.74) is -0.546. The van der Waals surface area contributed by atoms with Gasteiger partial charge in [0.25, 0.3) is 0 Å². The van der Waals surface area contributed by atoms with Gasteiger partial charge in [0.15, 0.2) is 11.8 Å². The Balaban J connectivity index is 3.22. The maximum atomic E-state index is 11.5. The molecule has 0 amide bonds. The molecule has 1 unspecified atom stereocenters. The molecule has 0 aliphatic carbocycles. The predicted molar refractivity (Wildman–Crippen MR) is 70.1 cm³/mol. The number of pyridine rings is 1. The van der Waals surface area contributed by atoms with Gasteiger partial charge in [-0.2, -0.15) is 0 Å². The summed E-state index contributed by atoms with van der Waals surface area (Å²) < 4.78 is 1.04. The van der Waals surface area contributed by atoms with Crippen molar-refractivity contribution < 1.29 is 30.0 Å². The lowest BCUT2D eigenvalue weighted by Gasteiger charge is -2.22. The van der Waals surface area contributed by atoms with Gasteiger partial charge in [0.05, 0.1) is 19.3 Å². The lowest BCUT2D eigenvalue weighted by molar-refractivity contribution is -0.142. The number of nitrogens with zero attached hydrogens (tertiary/aromatic N) is 2. The average Bonchev–Trinajstić information content (AvgIpc) is 2.34. The number of aromatic hydroxyl groups is 1. The van der Waals surface area contributed by atoms with Crippen LogP contribution in [0, 0.1) is 0 Å². The van der Waals surface area contributed by atoms with E-state index in [2.05, 4.69) is 0 Å². The van der Waals surface area contributed by atoms with Gasteiger partial charge in [-0.15, -0.1) is 0 Å². The number of hydrogen-bond acceptors (Lipinski definition) is 6. The highest BCUT2D eigenvalue weighted by Gasteiger charge is 2.22. The van der Waals surface area contributed by atoms with Crippen LogP contribution in [0.1, 0.15) is 11.7 Å². The number of carbonyl (C=O) groups is 2. The first-order chi connectivity index (χ1) is 9.76. The lowest BCUT2D eigenvalue weighted by Crippen LogP contribution is -2.31. The molecule has 1 aromatic rings. The lowest BCUT2D eigenvalue weighted by atomic mass is 10.2. The van der Waals surface area contributed by atoms with Crippen LogP contribution < -0.4 is 5.43 Å². The number of likely N-dealkylation sites (N-methyl/N-ethyl adjacent to an activating group) is 1. The summed E-state index contributed by atoms with van der Waals surface area (Å²) in [6.07, 6.45) is 0.918. The van der Waals surface area contributed by atoms with Crippen molar-refractivity contribution in [3.8, 4) is 5.75 Å². The summed E-state index contributed by atoms with van der Waals surface area (Å²) in [6, 6.07) is -0.371. The summed E-state index contributed by atoms with van der Waals surface area (Å²) >= 11 is 0. The number of hydrogen-bond donors (Lipinski definition) is 4. The Morgan fingerprint density at radius 3 is 2.48 bits per heavy atom. The molecule has 9 heteroatoms. The molecule has 0 radical (unpaired) electrons. The first kappa shape index (κ1) is 16.7. The van der Waals surface area contributed by atoms with Crippen molar-refractivity contribution in [3.05, 3.63) is 28.2 Å². The number of aromatic nitrogens is 1. The van der Waals surface area contributed by atoms with Gasteiger partial charge in [-0.05, 0) is 7.05 Å². The van der Waals surface area contributed by atoms with Crippen molar-refractivity contribution >= 4 is 11.9 Å². The number of aliphatic carboxylic acids is 2. The molecule has 1 rings (SSSR count). The number of rotatable bonds is 7. The largest absolute Gasteiger partial charge is 0.503 e. The third-order valence-corrected chi connectivity index (χ3v) is 2.77. The van der Waals surface area contributed by atoms with Crippen LogP contribution in [0.5, 0.6) is 5.75 Å². The van der Waals surface area contributed by atoms with E-state index in [1.54, 1.807) is 0 Å². The SMILES string of the molecule is CN(CC(=O)O)Cc1cc(=O)c(O)cn1C(CO)C(=O)O. The Morgan fingerprint density at radius 1 is 1.38 bits per heavy atom. The zero-order valence-corrected chi connectivity index (χ0v) is 11.3. The zero-order chi connectivity index (χ0) is 16.2. The van der Waals surface area contributed by atoms with Crippen molar-refractivity contribution in [1.82, 2.24) is 9.47 Å². The molecule has 0 saturated carbocycles. The Kier molecular flexibility index (Phi) is 5.44. The first-order valence-electron chi connectivity index (χ1n) is 5.94. The molecular formula is C12H16N2O7. The van der Waals surface area contributed by atoms with Crippen LogP contribution in [-0.4, -0.2) is 62.0 Å². The monoisotopic (exact) mass is 300 g/mol. The van der Waals surface area contributed by atoms with E-state index in [9.17, 15) is 19.5 Å². The fourth-order valence-corrected chi connectivity index (χ4v) is 1.84. The summed E-state index contributed by atoms with van der Waals surface area (Å²) in [7, 11) is 1.48. The molecule has 116 valence electrons. The molecule has 0 spiro atoms. The molecule has 21 heavy (non-hydrogen) atoms. The summed E-state index contributed by atoms with van der Waals surface area (Å²) in [5, 5.41) is 36.3. The van der Waals surface area contributed by atoms with Gasteiger partial charge in [-0.3, -0.25) is 14.5 Å². The van der Waals surface area contributed by atoms with E-state index >= 15 is 0 Å². The summed E-state index contributed by atoms with van der Waals surface area (Å²) in [4.78, 5) is 34.5. The molecular weight excluding hydrogens is 284 g/mol. The van der Waals surface area contributed by atoms with E-state index in [-0.39, 0.29) is 18.8 Å². The molecule has 0 aliphatic heterocycles. The molecule has 0 aliphatic rings. The number of aliphatic hydroxyl groups is 1. The predicted octanol–water partition coefficient (Wildman–Crippen LogP) is -1.31. The van der Waals surface area contributed by atoms with Gasteiger partial charge in [0.2, 0.25) is 5.43 Å². The number of carboxylic acids is 2. The van der Waals surface area contributed by atoms with Gasteiger partial charge < -0.3 is 25.0 Å². The highest BCUT2D eigenvalue weighted by molar-refractivity contribution is 5.72. The van der Waals surface area contributed by atoms with Crippen LogP contribution in [0.15, 0.2) is 17.1 Å². The normalized spacial score (nSPS) is 12.3. The molecule has 0 bridgehead atoms. The standard InChI is InChI=1S/C12H16N2O7/c1-13(5-11(18)19)3-7-2-9(16)10(17)4-14(7)8(6-15)12(20)21/h2,4,8,15,17H,3,5-6H2,1H3,(H,18,19)(H,20,21). The minimum atomic E-state index is -1.38. The second-order valence-electron chi connectivity index (χ2n) is 4.52. The third-order valence-electron chi connectivity index (χ3n) is 2.77. The van der Waals surface area contributed by atoms with Crippen LogP contribution in [0.25, 0.3) is 0 Å². The second-order valence-corrected chi connectivity index (χ2v) is 4.52. The Labute approximate surface area is 119 Å². The fourth-order valence-electron chi connectivity index (χ4n) is 1.84. The van der Waals surface area contributed by atoms with E-state index < -0.39 is 35.8 Å². The number of aliphatic hydroxyl groups excluding tert-OH is 1. The van der Waals surface area contributed by atoms with Crippen molar-refractivity contribution in [2.75, 3.05) is 20.2 Å². The molecule has 1 atom stereocenters. The summed E-state index contributed by atoms with van der Waals surface area (Å²) in [5.74, 6) is -3.08. The fraction of sp³-hybridized carbons (Fsp3) is 0.417. The zero-order valence-electron chi connectivity index (χ0n) is 11.3. The molecule has 4 N–H and O–H groups in total. The quantitative estimate of drug-likeness (QED) is 0.486. The highest BCUT2D eigenvalue weighted by atomic mass is 16.4. The average molecular weight is 300 g/mol. The van der Waals surface area contributed by atoms with E-state index in [0.29, 0.717) is 0 Å². The Bertz CT molecular complexity index is 596. The first-order valence-corrected chi connectivity index (χ1v) is 5.94. The Morgan fingerprint density at radius 2 is 2.00 bits per heavy atom. The second kappa shape index (κ2) is 6.86. The maximum absolute atomic E-state index is 11.5. The van der Waals surface area contributed by atoms with Crippen LogP contribution in [0.3, 0.4) is 0 Å². The van der Waals surface area contributed by atoms with Gasteiger partial charge in [0.1, 0.15) is 0 Å². The molecule has 0 fully saturated rings. The topological polar surface area (TPSA) is 140 Å². The van der Waals surface area contributed by atoms with Crippen LogP contribution in [-0.2, 0) is 16.1 Å². The molecule has 9 nitrogen and oxygen atoms in total. The van der Waals surface area contributed by atoms with E-state index in [0.717, 1.165) is 16.8 Å². The van der Waals surface area contributed by atoms with Crippen LogP contribution in [0.2, 0.25) is 0 Å². The van der Waals surface area contributed by atoms with Crippen molar-refractivity contribution in [1.29, 1.82) is 0 Å². The van der Waals surface area contributed by atoms with Gasteiger partial charge in [0, 0.05) is 18.3 Å². The molecule has 0 saturated heterocycles. The van der Waals surface area contributed by atoms with E-state index in [1.807, 2.05) is 0 Å². The minimum Gasteiger partial charge on any atom is -0.503 e. The number of carboxylic acid groups (broad SMARTS) is 2. The summed E-state index contributed by atoms with van der Waals surface area (Å²) in [6.45, 7) is -1.09. The van der Waals surface area contributed by atoms with Crippen LogP contribution in [0.4, 0.5) is 0 Å². The van der Waals surface area contributed by atoms with Gasteiger partial charge in [-0.1, -0.05) is 0 Å². The van der Waals surface area contributed by atoms with Crippen molar-refractivity contribution in [2.24, 2.45) is 0 Å². The van der Waals surface area contributed by atoms with Gasteiger partial charge >= 0.3 is 11.9 Å². The smallest absolute Gasteiger partial charge is 0.329 e.